The molecule has 4 nitrogen and oxygen atoms in total. The number of carbonyl (C=O) groups is 1. The average Bonchev–Trinajstić information content (AvgIpc) is 2.01. The van der Waals surface area contributed by atoms with Gasteiger partial charge in [-0.2, -0.15) is 0 Å². The molecule has 0 aliphatic rings. The minimum Gasteiger partial charge on any atom is -0.352 e. The van der Waals surface area contributed by atoms with E-state index in [4.69, 9.17) is 11.6 Å². The van der Waals surface area contributed by atoms with E-state index in [1.54, 1.807) is 6.92 Å². The molecule has 84 valence electrons. The molecule has 6 heteroatoms. The van der Waals surface area contributed by atoms with Crippen molar-refractivity contribution in [3.8, 4) is 0 Å². The number of rotatable bonds is 5. The Morgan fingerprint density at radius 2 is 1.93 bits per heavy atom. The van der Waals surface area contributed by atoms with Gasteiger partial charge in [-0.25, -0.2) is 8.42 Å². The van der Waals surface area contributed by atoms with Gasteiger partial charge in [0, 0.05) is 18.2 Å². The first-order chi connectivity index (χ1) is 6.29. The second-order valence-corrected chi connectivity index (χ2v) is 6.10. The van der Waals surface area contributed by atoms with E-state index in [0.717, 1.165) is 6.26 Å². The summed E-state index contributed by atoms with van der Waals surface area (Å²) in [5.41, 5.74) is 0. The summed E-state index contributed by atoms with van der Waals surface area (Å²) >= 11 is 5.48. The molecule has 0 aliphatic carbocycles. The Morgan fingerprint density at radius 3 is 2.29 bits per heavy atom. The van der Waals surface area contributed by atoms with E-state index in [1.165, 1.54) is 6.92 Å². The van der Waals surface area contributed by atoms with E-state index >= 15 is 0 Å². The quantitative estimate of drug-likeness (QED) is 0.716. The predicted octanol–water partition coefficient (Wildman–Crippen LogP) is 0.553. The van der Waals surface area contributed by atoms with Gasteiger partial charge in [0.05, 0.1) is 0 Å². The SMILES string of the molecule is CC(CCCl)NC(=O)C(C)S(C)(=O)=O. The van der Waals surface area contributed by atoms with Crippen molar-refractivity contribution in [1.29, 1.82) is 0 Å². The summed E-state index contributed by atoms with van der Waals surface area (Å²) in [4.78, 5) is 11.3. The first-order valence-corrected chi connectivity index (χ1v) is 6.83. The van der Waals surface area contributed by atoms with Crippen LogP contribution in [-0.2, 0) is 14.6 Å². The maximum atomic E-state index is 11.3. The van der Waals surface area contributed by atoms with Crippen molar-refractivity contribution in [3.05, 3.63) is 0 Å². The first kappa shape index (κ1) is 13.7. The molecule has 1 N–H and O–H groups in total. The third kappa shape index (κ3) is 4.81. The molecule has 2 atom stereocenters. The Labute approximate surface area is 89.9 Å². The molecule has 0 aromatic heterocycles. The number of amides is 1. The van der Waals surface area contributed by atoms with Crippen LogP contribution in [0.5, 0.6) is 0 Å². The van der Waals surface area contributed by atoms with Gasteiger partial charge in [0.2, 0.25) is 5.91 Å². The highest BCUT2D eigenvalue weighted by Crippen LogP contribution is 2.00. The zero-order chi connectivity index (χ0) is 11.4. The second-order valence-electron chi connectivity index (χ2n) is 3.36. The summed E-state index contributed by atoms with van der Waals surface area (Å²) < 4.78 is 22.1. The van der Waals surface area contributed by atoms with Crippen molar-refractivity contribution in [3.63, 3.8) is 0 Å². The van der Waals surface area contributed by atoms with Crippen molar-refractivity contribution in [2.75, 3.05) is 12.1 Å². The fourth-order valence-electron chi connectivity index (χ4n) is 0.790. The maximum Gasteiger partial charge on any atom is 0.238 e. The highest BCUT2D eigenvalue weighted by Gasteiger charge is 2.24. The van der Waals surface area contributed by atoms with Crippen LogP contribution < -0.4 is 5.32 Å². The molecule has 0 aliphatic heterocycles. The van der Waals surface area contributed by atoms with Crippen LogP contribution in [0.25, 0.3) is 0 Å². The molecule has 14 heavy (non-hydrogen) atoms. The fourth-order valence-corrected chi connectivity index (χ4v) is 1.57. The molecular formula is C8H16ClNO3S. The maximum absolute atomic E-state index is 11.3. The number of carbonyl (C=O) groups excluding carboxylic acids is 1. The highest BCUT2D eigenvalue weighted by atomic mass is 35.5. The van der Waals surface area contributed by atoms with Crippen molar-refractivity contribution in [2.45, 2.75) is 31.6 Å². The van der Waals surface area contributed by atoms with Gasteiger partial charge in [-0.15, -0.1) is 11.6 Å². The molecule has 0 aromatic rings. The van der Waals surface area contributed by atoms with Crippen LogP contribution in [-0.4, -0.2) is 37.8 Å². The Hall–Kier alpha value is -0.290. The zero-order valence-electron chi connectivity index (χ0n) is 8.58. The van der Waals surface area contributed by atoms with Crippen LogP contribution in [0.2, 0.25) is 0 Å². The number of hydrogen-bond acceptors (Lipinski definition) is 3. The lowest BCUT2D eigenvalue weighted by molar-refractivity contribution is -0.121. The third-order valence-corrected chi connectivity index (χ3v) is 3.66. The van der Waals surface area contributed by atoms with E-state index in [1.807, 2.05) is 0 Å². The highest BCUT2D eigenvalue weighted by molar-refractivity contribution is 7.92. The molecule has 2 unspecified atom stereocenters. The molecule has 0 fully saturated rings. The number of hydrogen-bond donors (Lipinski definition) is 1. The number of alkyl halides is 1. The predicted molar refractivity (Wildman–Crippen MR) is 57.2 cm³/mol. The summed E-state index contributed by atoms with van der Waals surface area (Å²) in [6, 6.07) is -0.0933. The van der Waals surface area contributed by atoms with Gasteiger partial charge >= 0.3 is 0 Å². The molecule has 0 saturated carbocycles. The third-order valence-electron chi connectivity index (χ3n) is 1.94. The number of halogens is 1. The topological polar surface area (TPSA) is 63.2 Å². The van der Waals surface area contributed by atoms with Crippen LogP contribution in [0.1, 0.15) is 20.3 Å². The Balaban J connectivity index is 4.22. The van der Waals surface area contributed by atoms with Gasteiger partial charge in [0.25, 0.3) is 0 Å². The minimum atomic E-state index is -3.31. The van der Waals surface area contributed by atoms with Crippen LogP contribution >= 0.6 is 11.6 Å². The van der Waals surface area contributed by atoms with Crippen molar-refractivity contribution in [1.82, 2.24) is 5.32 Å². The molecule has 1 amide bonds. The van der Waals surface area contributed by atoms with E-state index in [9.17, 15) is 13.2 Å². The summed E-state index contributed by atoms with van der Waals surface area (Å²) in [5.74, 6) is -0.0283. The van der Waals surface area contributed by atoms with Gasteiger partial charge < -0.3 is 5.32 Å². The fraction of sp³-hybridized carbons (Fsp3) is 0.875. The summed E-state index contributed by atoms with van der Waals surface area (Å²) in [6.07, 6.45) is 1.67. The van der Waals surface area contributed by atoms with Gasteiger partial charge in [-0.3, -0.25) is 4.79 Å². The largest absolute Gasteiger partial charge is 0.352 e. The molecule has 0 spiro atoms. The zero-order valence-corrected chi connectivity index (χ0v) is 10.2. The van der Waals surface area contributed by atoms with Crippen LogP contribution in [0.4, 0.5) is 0 Å². The monoisotopic (exact) mass is 241 g/mol. The Bertz CT molecular complexity index is 289. The minimum absolute atomic E-state index is 0.0933. The second kappa shape index (κ2) is 5.56. The molecule has 0 saturated heterocycles. The lowest BCUT2D eigenvalue weighted by Crippen LogP contribution is -2.42. The van der Waals surface area contributed by atoms with E-state index in [2.05, 4.69) is 5.32 Å². The van der Waals surface area contributed by atoms with Crippen molar-refractivity contribution in [2.24, 2.45) is 0 Å². The van der Waals surface area contributed by atoms with Crippen LogP contribution in [0.15, 0.2) is 0 Å². The van der Waals surface area contributed by atoms with E-state index in [0.29, 0.717) is 12.3 Å². The summed E-state index contributed by atoms with van der Waals surface area (Å²) in [7, 11) is -3.31. The summed E-state index contributed by atoms with van der Waals surface area (Å²) in [6.45, 7) is 3.16. The first-order valence-electron chi connectivity index (χ1n) is 4.34. The molecule has 0 bridgehead atoms. The van der Waals surface area contributed by atoms with E-state index in [-0.39, 0.29) is 6.04 Å². The van der Waals surface area contributed by atoms with Crippen molar-refractivity contribution >= 4 is 27.3 Å². The number of sulfone groups is 1. The van der Waals surface area contributed by atoms with Gasteiger partial charge in [-0.05, 0) is 20.3 Å². The van der Waals surface area contributed by atoms with Crippen LogP contribution in [0.3, 0.4) is 0 Å². The van der Waals surface area contributed by atoms with Crippen molar-refractivity contribution < 1.29 is 13.2 Å². The molecule has 0 heterocycles. The van der Waals surface area contributed by atoms with Gasteiger partial charge in [0.15, 0.2) is 9.84 Å². The average molecular weight is 242 g/mol. The summed E-state index contributed by atoms with van der Waals surface area (Å²) in [5, 5.41) is 1.58. The normalized spacial score (nSPS) is 16.0. The van der Waals surface area contributed by atoms with Gasteiger partial charge in [0.1, 0.15) is 5.25 Å². The lowest BCUT2D eigenvalue weighted by Gasteiger charge is -2.15. The van der Waals surface area contributed by atoms with E-state index < -0.39 is 21.0 Å². The Morgan fingerprint density at radius 1 is 1.43 bits per heavy atom. The molecule has 0 aromatic carbocycles. The standard InChI is InChI=1S/C8H16ClNO3S/c1-6(4-5-9)10-8(11)7(2)14(3,12)13/h6-7H,4-5H2,1-3H3,(H,10,11). The molecular weight excluding hydrogens is 226 g/mol. The Kier molecular flexibility index (Phi) is 5.44. The smallest absolute Gasteiger partial charge is 0.238 e. The number of nitrogens with one attached hydrogen (secondary N) is 1. The molecule has 0 rings (SSSR count). The van der Waals surface area contributed by atoms with Crippen LogP contribution in [0, 0.1) is 0 Å². The van der Waals surface area contributed by atoms with Gasteiger partial charge in [-0.1, -0.05) is 0 Å². The molecule has 0 radical (unpaired) electrons. The lowest BCUT2D eigenvalue weighted by atomic mass is 10.2.